The molecule has 1 saturated heterocycles. The van der Waals surface area contributed by atoms with Gasteiger partial charge in [-0.2, -0.15) is 0 Å². The molecule has 32 heavy (non-hydrogen) atoms. The van der Waals surface area contributed by atoms with Gasteiger partial charge in [-0.15, -0.1) is 0 Å². The Balaban J connectivity index is 1.40. The van der Waals surface area contributed by atoms with Crippen LogP contribution in [0.1, 0.15) is 50.5 Å². The molecule has 1 aliphatic heterocycles. The van der Waals surface area contributed by atoms with Crippen LogP contribution in [0.4, 0.5) is 4.79 Å². The van der Waals surface area contributed by atoms with E-state index in [1.54, 1.807) is 26.2 Å². The molecule has 0 N–H and O–H groups in total. The zero-order chi connectivity index (χ0) is 22.9. The number of ether oxygens (including phenoxy) is 5. The summed E-state index contributed by atoms with van der Waals surface area (Å²) in [6, 6.07) is 3.80. The van der Waals surface area contributed by atoms with E-state index in [-0.39, 0.29) is 24.1 Å². The summed E-state index contributed by atoms with van der Waals surface area (Å²) in [4.78, 5) is 26.4. The van der Waals surface area contributed by atoms with Crippen molar-refractivity contribution in [3.8, 4) is 17.2 Å². The van der Waals surface area contributed by atoms with E-state index < -0.39 is 0 Å². The third-order valence-corrected chi connectivity index (χ3v) is 6.18. The first kappa shape index (κ1) is 24.0. The second-order valence-electron chi connectivity index (χ2n) is 8.38. The number of rotatable bonds is 9. The quantitative estimate of drug-likeness (QED) is 0.416. The maximum absolute atomic E-state index is 12.4. The van der Waals surface area contributed by atoms with Gasteiger partial charge in [0.15, 0.2) is 11.5 Å². The average molecular weight is 450 g/mol. The van der Waals surface area contributed by atoms with Gasteiger partial charge in [-0.25, -0.2) is 4.79 Å². The zero-order valence-corrected chi connectivity index (χ0v) is 19.4. The summed E-state index contributed by atoms with van der Waals surface area (Å²) in [6.07, 6.45) is 7.04. The van der Waals surface area contributed by atoms with Crippen LogP contribution in [0.25, 0.3) is 0 Å². The monoisotopic (exact) mass is 449 g/mol. The van der Waals surface area contributed by atoms with E-state index in [9.17, 15) is 9.59 Å². The van der Waals surface area contributed by atoms with Crippen LogP contribution in [0.3, 0.4) is 0 Å². The van der Waals surface area contributed by atoms with Crippen molar-refractivity contribution in [3.63, 3.8) is 0 Å². The molecule has 0 spiro atoms. The molecule has 1 atom stereocenters. The van der Waals surface area contributed by atoms with E-state index in [0.29, 0.717) is 56.2 Å². The maximum atomic E-state index is 12.4. The Morgan fingerprint density at radius 1 is 0.969 bits per heavy atom. The van der Waals surface area contributed by atoms with Crippen LogP contribution in [0.15, 0.2) is 12.1 Å². The molecule has 178 valence electrons. The van der Waals surface area contributed by atoms with Crippen LogP contribution in [0, 0.1) is 5.92 Å². The Bertz CT molecular complexity index is 751. The average Bonchev–Trinajstić information content (AvgIpc) is 3.32. The van der Waals surface area contributed by atoms with Crippen molar-refractivity contribution in [2.45, 2.75) is 57.5 Å². The van der Waals surface area contributed by atoms with Crippen molar-refractivity contribution >= 4 is 12.1 Å². The minimum absolute atomic E-state index is 0.0254. The lowest BCUT2D eigenvalue weighted by Crippen LogP contribution is -2.34. The highest BCUT2D eigenvalue weighted by Crippen LogP contribution is 2.38. The highest BCUT2D eigenvalue weighted by Gasteiger charge is 2.34. The fourth-order valence-corrected chi connectivity index (χ4v) is 4.37. The minimum Gasteiger partial charge on any atom is -0.493 e. The Hall–Kier alpha value is -2.64. The number of likely N-dealkylation sites (tertiary alicyclic amines) is 1. The van der Waals surface area contributed by atoms with Crippen LogP contribution >= 0.6 is 0 Å². The number of carbonyl (C=O) groups is 2. The SMILES string of the molecule is COc1cc(CCCOC(=O)C2CCN(C(=O)OC3CCCCC3)C2)cc(OC)c1OC. The summed E-state index contributed by atoms with van der Waals surface area (Å²) in [5.41, 5.74) is 1.01. The van der Waals surface area contributed by atoms with Crippen LogP contribution in [0.5, 0.6) is 17.2 Å². The minimum atomic E-state index is -0.297. The third kappa shape index (κ3) is 6.20. The van der Waals surface area contributed by atoms with Gasteiger partial charge in [0, 0.05) is 13.1 Å². The van der Waals surface area contributed by atoms with E-state index in [1.807, 2.05) is 12.1 Å². The van der Waals surface area contributed by atoms with Crippen molar-refractivity contribution in [1.29, 1.82) is 0 Å². The summed E-state index contributed by atoms with van der Waals surface area (Å²) >= 11 is 0. The Kier molecular flexibility index (Phi) is 8.88. The van der Waals surface area contributed by atoms with Crippen molar-refractivity contribution in [1.82, 2.24) is 4.90 Å². The number of nitrogens with zero attached hydrogens (tertiary/aromatic N) is 1. The molecule has 0 aromatic heterocycles. The molecule has 1 amide bonds. The van der Waals surface area contributed by atoms with Gasteiger partial charge >= 0.3 is 12.1 Å². The molecule has 8 heteroatoms. The number of aryl methyl sites for hydroxylation is 1. The first-order valence-corrected chi connectivity index (χ1v) is 11.5. The highest BCUT2D eigenvalue weighted by molar-refractivity contribution is 5.75. The molecule has 0 bridgehead atoms. The lowest BCUT2D eigenvalue weighted by atomic mass is 9.98. The zero-order valence-electron chi connectivity index (χ0n) is 19.4. The number of esters is 1. The molecule has 1 unspecified atom stereocenters. The normalized spacial score (nSPS) is 18.8. The standard InChI is InChI=1S/C24H35NO7/c1-28-20-14-17(15-21(29-2)22(20)30-3)8-7-13-31-23(26)18-11-12-25(16-18)24(27)32-19-9-5-4-6-10-19/h14-15,18-19H,4-13,16H2,1-3H3. The van der Waals surface area contributed by atoms with Crippen molar-refractivity contribution in [2.75, 3.05) is 41.0 Å². The molecule has 1 aromatic carbocycles. The fourth-order valence-electron chi connectivity index (χ4n) is 4.37. The summed E-state index contributed by atoms with van der Waals surface area (Å²) < 4.78 is 27.2. The van der Waals surface area contributed by atoms with Crippen LogP contribution in [-0.2, 0) is 20.7 Å². The van der Waals surface area contributed by atoms with Gasteiger partial charge in [0.2, 0.25) is 5.75 Å². The molecular weight excluding hydrogens is 414 g/mol. The van der Waals surface area contributed by atoms with Gasteiger partial charge in [-0.1, -0.05) is 6.42 Å². The first-order chi connectivity index (χ1) is 15.5. The van der Waals surface area contributed by atoms with E-state index in [1.165, 1.54) is 6.42 Å². The van der Waals surface area contributed by atoms with Crippen molar-refractivity contribution in [3.05, 3.63) is 17.7 Å². The van der Waals surface area contributed by atoms with Gasteiger partial charge in [0.05, 0.1) is 33.9 Å². The van der Waals surface area contributed by atoms with Gasteiger partial charge in [-0.05, 0) is 62.6 Å². The predicted molar refractivity (Wildman–Crippen MR) is 118 cm³/mol. The molecular formula is C24H35NO7. The lowest BCUT2D eigenvalue weighted by molar-refractivity contribution is -0.148. The van der Waals surface area contributed by atoms with Crippen molar-refractivity contribution in [2.24, 2.45) is 5.92 Å². The van der Waals surface area contributed by atoms with Gasteiger partial charge in [0.1, 0.15) is 6.10 Å². The molecule has 3 rings (SSSR count). The molecule has 2 fully saturated rings. The highest BCUT2D eigenvalue weighted by atomic mass is 16.6. The predicted octanol–water partition coefficient (Wildman–Crippen LogP) is 3.98. The van der Waals surface area contributed by atoms with Crippen molar-refractivity contribution < 1.29 is 33.3 Å². The second-order valence-corrected chi connectivity index (χ2v) is 8.38. The summed E-state index contributed by atoms with van der Waals surface area (Å²) in [5, 5.41) is 0. The van der Waals surface area contributed by atoms with Crippen LogP contribution in [-0.4, -0.2) is 64.1 Å². The number of amides is 1. The fraction of sp³-hybridized carbons (Fsp3) is 0.667. The molecule has 8 nitrogen and oxygen atoms in total. The number of benzene rings is 1. The second kappa shape index (κ2) is 11.8. The molecule has 2 aliphatic rings. The van der Waals surface area contributed by atoms with Crippen LogP contribution in [0.2, 0.25) is 0 Å². The number of methoxy groups -OCH3 is 3. The molecule has 0 radical (unpaired) electrons. The summed E-state index contributed by atoms with van der Waals surface area (Å²) in [5.74, 6) is 1.23. The lowest BCUT2D eigenvalue weighted by Gasteiger charge is -2.25. The maximum Gasteiger partial charge on any atom is 0.410 e. The number of hydrogen-bond acceptors (Lipinski definition) is 7. The third-order valence-electron chi connectivity index (χ3n) is 6.18. The Labute approximate surface area is 190 Å². The molecule has 1 heterocycles. The first-order valence-electron chi connectivity index (χ1n) is 11.5. The molecule has 1 saturated carbocycles. The van der Waals surface area contributed by atoms with Gasteiger partial charge in [-0.3, -0.25) is 4.79 Å². The molecule has 1 aliphatic carbocycles. The van der Waals surface area contributed by atoms with Crippen LogP contribution < -0.4 is 14.2 Å². The Morgan fingerprint density at radius 3 is 2.28 bits per heavy atom. The van der Waals surface area contributed by atoms with E-state index in [2.05, 4.69) is 0 Å². The number of carbonyl (C=O) groups excluding carboxylic acids is 2. The van der Waals surface area contributed by atoms with Gasteiger partial charge in [0.25, 0.3) is 0 Å². The smallest absolute Gasteiger partial charge is 0.410 e. The topological polar surface area (TPSA) is 83.5 Å². The number of hydrogen-bond donors (Lipinski definition) is 0. The van der Waals surface area contributed by atoms with E-state index in [0.717, 1.165) is 31.2 Å². The molecule has 1 aromatic rings. The Morgan fingerprint density at radius 2 is 1.66 bits per heavy atom. The summed E-state index contributed by atoms with van der Waals surface area (Å²) in [7, 11) is 4.73. The largest absolute Gasteiger partial charge is 0.493 e. The van der Waals surface area contributed by atoms with Gasteiger partial charge < -0.3 is 28.6 Å². The summed E-state index contributed by atoms with van der Waals surface area (Å²) in [6.45, 7) is 1.23. The van der Waals surface area contributed by atoms with E-state index in [4.69, 9.17) is 23.7 Å². The van der Waals surface area contributed by atoms with E-state index >= 15 is 0 Å².